The van der Waals surface area contributed by atoms with E-state index < -0.39 is 0 Å². The maximum absolute atomic E-state index is 5.93. The minimum Gasteiger partial charge on any atom is -0.460 e. The fourth-order valence-electron chi connectivity index (χ4n) is 3.19. The molecule has 4 rings (SSSR count). The molecule has 0 saturated carbocycles. The molecule has 2 aromatic heterocycles. The maximum Gasteiger partial charge on any atom is 0.134 e. The molecular weight excluding hydrogens is 288 g/mol. The van der Waals surface area contributed by atoms with Gasteiger partial charge in [0.15, 0.2) is 0 Å². The minimum atomic E-state index is 0.894. The first kappa shape index (κ1) is 14.5. The number of benzene rings is 1. The zero-order valence-electron chi connectivity index (χ0n) is 13.5. The molecule has 3 heterocycles. The van der Waals surface area contributed by atoms with Crippen LogP contribution in [-0.4, -0.2) is 45.5 Å². The van der Waals surface area contributed by atoms with Crippen LogP contribution in [0.2, 0.25) is 0 Å². The Kier molecular flexibility index (Phi) is 3.89. The first-order valence-electron chi connectivity index (χ1n) is 8.16. The van der Waals surface area contributed by atoms with Crippen molar-refractivity contribution in [3.8, 4) is 0 Å². The van der Waals surface area contributed by atoms with Gasteiger partial charge in [0, 0.05) is 51.0 Å². The molecule has 1 aliphatic rings. The van der Waals surface area contributed by atoms with Gasteiger partial charge in [0.1, 0.15) is 17.2 Å². The zero-order chi connectivity index (χ0) is 15.6. The van der Waals surface area contributed by atoms with Crippen LogP contribution >= 0.6 is 0 Å². The Labute approximate surface area is 136 Å². The van der Waals surface area contributed by atoms with E-state index in [0.29, 0.717) is 0 Å². The molecule has 1 aromatic carbocycles. The van der Waals surface area contributed by atoms with Crippen molar-refractivity contribution in [2.24, 2.45) is 7.05 Å². The van der Waals surface area contributed by atoms with Crippen LogP contribution in [0.5, 0.6) is 0 Å². The summed E-state index contributed by atoms with van der Waals surface area (Å²) < 4.78 is 8.03. The normalized spacial score (nSPS) is 17.1. The van der Waals surface area contributed by atoms with Crippen molar-refractivity contribution in [1.29, 1.82) is 0 Å². The SMILES string of the molecule is Cn1ccnc1CN1CCN(Cc2cc3ccccc3o2)CC1. The van der Waals surface area contributed by atoms with Gasteiger partial charge in [-0.2, -0.15) is 0 Å². The van der Waals surface area contributed by atoms with Crippen LogP contribution in [0.3, 0.4) is 0 Å². The fraction of sp³-hybridized carbons (Fsp3) is 0.389. The van der Waals surface area contributed by atoms with Gasteiger partial charge in [-0.3, -0.25) is 9.80 Å². The van der Waals surface area contributed by atoms with E-state index in [2.05, 4.69) is 44.6 Å². The third-order valence-electron chi connectivity index (χ3n) is 4.61. The molecule has 0 aliphatic carbocycles. The van der Waals surface area contributed by atoms with Gasteiger partial charge in [0.25, 0.3) is 0 Å². The van der Waals surface area contributed by atoms with Crippen molar-refractivity contribution in [3.05, 3.63) is 54.3 Å². The highest BCUT2D eigenvalue weighted by Gasteiger charge is 2.19. The molecule has 3 aromatic rings. The summed E-state index contributed by atoms with van der Waals surface area (Å²) in [4.78, 5) is 9.35. The monoisotopic (exact) mass is 310 g/mol. The molecule has 0 unspecified atom stereocenters. The molecule has 5 heteroatoms. The number of fused-ring (bicyclic) bond motifs is 1. The lowest BCUT2D eigenvalue weighted by Crippen LogP contribution is -2.45. The van der Waals surface area contributed by atoms with Gasteiger partial charge in [0.05, 0.1) is 13.1 Å². The number of piperazine rings is 1. The van der Waals surface area contributed by atoms with E-state index in [9.17, 15) is 0 Å². The Balaban J connectivity index is 1.33. The zero-order valence-corrected chi connectivity index (χ0v) is 13.5. The van der Waals surface area contributed by atoms with Gasteiger partial charge in [-0.25, -0.2) is 4.98 Å². The third-order valence-corrected chi connectivity index (χ3v) is 4.61. The molecule has 0 bridgehead atoms. The smallest absolute Gasteiger partial charge is 0.134 e. The standard InChI is InChI=1S/C18H22N4O/c1-20-7-6-19-18(20)14-22-10-8-21(9-11-22)13-16-12-15-4-2-3-5-17(15)23-16/h2-7,12H,8-11,13-14H2,1H3. The number of aryl methyl sites for hydroxylation is 1. The molecule has 23 heavy (non-hydrogen) atoms. The molecule has 0 radical (unpaired) electrons. The highest BCUT2D eigenvalue weighted by Crippen LogP contribution is 2.20. The lowest BCUT2D eigenvalue weighted by atomic mass is 10.2. The van der Waals surface area contributed by atoms with E-state index >= 15 is 0 Å². The highest BCUT2D eigenvalue weighted by molar-refractivity contribution is 5.77. The first-order valence-corrected chi connectivity index (χ1v) is 8.16. The quantitative estimate of drug-likeness (QED) is 0.742. The highest BCUT2D eigenvalue weighted by atomic mass is 16.3. The Morgan fingerprint density at radius 1 is 1.04 bits per heavy atom. The van der Waals surface area contributed by atoms with Crippen LogP contribution in [0.1, 0.15) is 11.6 Å². The molecule has 1 saturated heterocycles. The number of aromatic nitrogens is 2. The van der Waals surface area contributed by atoms with E-state index in [1.165, 1.54) is 5.39 Å². The lowest BCUT2D eigenvalue weighted by Gasteiger charge is -2.33. The average Bonchev–Trinajstić information content (AvgIpc) is 3.15. The first-order chi connectivity index (χ1) is 11.3. The van der Waals surface area contributed by atoms with Crippen molar-refractivity contribution in [2.45, 2.75) is 13.1 Å². The second kappa shape index (κ2) is 6.18. The van der Waals surface area contributed by atoms with Crippen LogP contribution in [0.4, 0.5) is 0 Å². The van der Waals surface area contributed by atoms with E-state index in [1.807, 2.05) is 24.5 Å². The van der Waals surface area contributed by atoms with Gasteiger partial charge < -0.3 is 8.98 Å². The largest absolute Gasteiger partial charge is 0.460 e. The summed E-state index contributed by atoms with van der Waals surface area (Å²) in [6.07, 6.45) is 3.88. The second-order valence-electron chi connectivity index (χ2n) is 6.26. The third kappa shape index (κ3) is 3.16. The Hall–Kier alpha value is -2.11. The Bertz CT molecular complexity index is 750. The summed E-state index contributed by atoms with van der Waals surface area (Å²) in [5, 5.41) is 1.19. The van der Waals surface area contributed by atoms with E-state index in [1.54, 1.807) is 0 Å². The number of para-hydroxylation sites is 1. The maximum atomic E-state index is 5.93. The minimum absolute atomic E-state index is 0.894. The van der Waals surface area contributed by atoms with Gasteiger partial charge in [-0.15, -0.1) is 0 Å². The molecule has 120 valence electrons. The molecular formula is C18H22N4O. The second-order valence-corrected chi connectivity index (χ2v) is 6.26. The predicted molar refractivity (Wildman–Crippen MR) is 90.0 cm³/mol. The molecule has 5 nitrogen and oxygen atoms in total. The number of hydrogen-bond acceptors (Lipinski definition) is 4. The Morgan fingerprint density at radius 3 is 2.48 bits per heavy atom. The Morgan fingerprint density at radius 2 is 1.78 bits per heavy atom. The van der Waals surface area contributed by atoms with Crippen molar-refractivity contribution < 1.29 is 4.42 Å². The van der Waals surface area contributed by atoms with E-state index in [-0.39, 0.29) is 0 Å². The number of rotatable bonds is 4. The number of hydrogen-bond donors (Lipinski definition) is 0. The summed E-state index contributed by atoms with van der Waals surface area (Å²) in [5.41, 5.74) is 0.982. The summed E-state index contributed by atoms with van der Waals surface area (Å²) in [6, 6.07) is 10.4. The summed E-state index contributed by atoms with van der Waals surface area (Å²) in [7, 11) is 2.06. The average molecular weight is 310 g/mol. The van der Waals surface area contributed by atoms with Crippen molar-refractivity contribution in [2.75, 3.05) is 26.2 Å². The molecule has 1 fully saturated rings. The summed E-state index contributed by atoms with van der Waals surface area (Å²) in [5.74, 6) is 2.19. The van der Waals surface area contributed by atoms with Gasteiger partial charge in [-0.05, 0) is 12.1 Å². The predicted octanol–water partition coefficient (Wildman–Crippen LogP) is 2.48. The van der Waals surface area contributed by atoms with Crippen molar-refractivity contribution in [1.82, 2.24) is 19.4 Å². The molecule has 0 spiro atoms. The molecule has 0 atom stereocenters. The van der Waals surface area contributed by atoms with Gasteiger partial charge in [0.2, 0.25) is 0 Å². The summed E-state index contributed by atoms with van der Waals surface area (Å²) >= 11 is 0. The summed E-state index contributed by atoms with van der Waals surface area (Å²) in [6.45, 7) is 6.12. The van der Waals surface area contributed by atoms with E-state index in [4.69, 9.17) is 4.42 Å². The topological polar surface area (TPSA) is 37.4 Å². The van der Waals surface area contributed by atoms with Crippen LogP contribution in [0.25, 0.3) is 11.0 Å². The fourth-order valence-corrected chi connectivity index (χ4v) is 3.19. The molecule has 0 amide bonds. The van der Waals surface area contributed by atoms with Crippen molar-refractivity contribution in [3.63, 3.8) is 0 Å². The number of furan rings is 1. The van der Waals surface area contributed by atoms with E-state index in [0.717, 1.165) is 56.4 Å². The van der Waals surface area contributed by atoms with Crippen LogP contribution in [0, 0.1) is 0 Å². The van der Waals surface area contributed by atoms with Crippen molar-refractivity contribution >= 4 is 11.0 Å². The van der Waals surface area contributed by atoms with Crippen LogP contribution < -0.4 is 0 Å². The van der Waals surface area contributed by atoms with Gasteiger partial charge in [-0.1, -0.05) is 18.2 Å². The number of nitrogens with zero attached hydrogens (tertiary/aromatic N) is 4. The van der Waals surface area contributed by atoms with Gasteiger partial charge >= 0.3 is 0 Å². The number of imidazole rings is 1. The molecule has 1 aliphatic heterocycles. The van der Waals surface area contributed by atoms with Crippen LogP contribution in [-0.2, 0) is 20.1 Å². The lowest BCUT2D eigenvalue weighted by molar-refractivity contribution is 0.114. The van der Waals surface area contributed by atoms with Crippen LogP contribution in [0.15, 0.2) is 47.1 Å². The molecule has 0 N–H and O–H groups in total.